The lowest BCUT2D eigenvalue weighted by molar-refractivity contribution is 0.467. The molecule has 1 aromatic rings. The molecule has 0 aliphatic rings. The molecule has 0 saturated heterocycles. The zero-order valence-corrected chi connectivity index (χ0v) is 8.51. The Morgan fingerprint density at radius 1 is 1.23 bits per heavy atom. The smallest absolute Gasteiger partial charge is 0.119 e. The number of hydrogen-bond acceptors (Lipinski definition) is 1. The Labute approximate surface area is 80.4 Å². The minimum absolute atomic E-state index is 0.455. The molecule has 0 aromatic heterocycles. The number of phenols is 1. The summed E-state index contributed by atoms with van der Waals surface area (Å²) < 4.78 is 0. The van der Waals surface area contributed by atoms with Gasteiger partial charge in [0.05, 0.1) is 0 Å². The van der Waals surface area contributed by atoms with E-state index in [-0.39, 0.29) is 0 Å². The molecule has 1 nitrogen and oxygen atoms in total. The number of aryl methyl sites for hydroxylation is 1. The molecule has 0 spiro atoms. The first kappa shape index (κ1) is 10.1. The molecule has 1 heteroatoms. The van der Waals surface area contributed by atoms with Crippen LogP contribution in [0.4, 0.5) is 0 Å². The zero-order chi connectivity index (χ0) is 9.68. The van der Waals surface area contributed by atoms with Crippen LogP contribution in [0.25, 0.3) is 0 Å². The van der Waals surface area contributed by atoms with Crippen molar-refractivity contribution < 1.29 is 5.11 Å². The third kappa shape index (κ3) is 2.48. The van der Waals surface area contributed by atoms with E-state index < -0.39 is 0 Å². The first-order chi connectivity index (χ1) is 6.29. The summed E-state index contributed by atoms with van der Waals surface area (Å²) in [6.07, 6.45) is 4.43. The summed E-state index contributed by atoms with van der Waals surface area (Å²) in [7, 11) is 0. The highest BCUT2D eigenvalue weighted by molar-refractivity contribution is 5.39. The van der Waals surface area contributed by atoms with E-state index in [2.05, 4.69) is 19.9 Å². The van der Waals surface area contributed by atoms with Crippen LogP contribution in [-0.4, -0.2) is 5.11 Å². The maximum atomic E-state index is 9.59. The minimum Gasteiger partial charge on any atom is -0.508 e. The number of phenolic OH excluding ortho intramolecular Hbond substituents is 1. The largest absolute Gasteiger partial charge is 0.508 e. The molecule has 0 atom stereocenters. The van der Waals surface area contributed by atoms with Crippen molar-refractivity contribution in [1.82, 2.24) is 0 Å². The molecule has 0 heterocycles. The zero-order valence-electron chi connectivity index (χ0n) is 8.51. The van der Waals surface area contributed by atoms with Crippen molar-refractivity contribution in [2.24, 2.45) is 0 Å². The van der Waals surface area contributed by atoms with Crippen molar-refractivity contribution in [3.05, 3.63) is 29.3 Å². The van der Waals surface area contributed by atoms with Crippen molar-refractivity contribution >= 4 is 0 Å². The maximum Gasteiger partial charge on any atom is 0.119 e. The molecule has 0 bridgehead atoms. The monoisotopic (exact) mass is 178 g/mol. The number of aromatic hydroxyl groups is 1. The Morgan fingerprint density at radius 3 is 2.62 bits per heavy atom. The first-order valence-corrected chi connectivity index (χ1v) is 5.09. The summed E-state index contributed by atoms with van der Waals surface area (Å²) in [5.74, 6) is 0.455. The lowest BCUT2D eigenvalue weighted by Gasteiger charge is -2.08. The molecule has 0 aliphatic heterocycles. The predicted octanol–water partition coefficient (Wildman–Crippen LogP) is 3.30. The van der Waals surface area contributed by atoms with Gasteiger partial charge in [-0.1, -0.05) is 32.4 Å². The SMILES string of the molecule is CCCCc1cccc(O)c1CC. The van der Waals surface area contributed by atoms with Gasteiger partial charge in [0.25, 0.3) is 0 Å². The second kappa shape index (κ2) is 4.90. The second-order valence-electron chi connectivity index (χ2n) is 3.37. The summed E-state index contributed by atoms with van der Waals surface area (Å²) in [6, 6.07) is 5.82. The van der Waals surface area contributed by atoms with Crippen LogP contribution in [0.15, 0.2) is 18.2 Å². The van der Waals surface area contributed by atoms with Gasteiger partial charge in [-0.15, -0.1) is 0 Å². The lowest BCUT2D eigenvalue weighted by Crippen LogP contribution is -1.93. The fourth-order valence-electron chi connectivity index (χ4n) is 1.63. The molecular weight excluding hydrogens is 160 g/mol. The first-order valence-electron chi connectivity index (χ1n) is 5.09. The van der Waals surface area contributed by atoms with Crippen LogP contribution < -0.4 is 0 Å². The molecule has 1 rings (SSSR count). The normalized spacial score (nSPS) is 10.3. The Hall–Kier alpha value is -0.980. The summed E-state index contributed by atoms with van der Waals surface area (Å²) in [5, 5.41) is 9.59. The van der Waals surface area contributed by atoms with Crippen LogP contribution >= 0.6 is 0 Å². The highest BCUT2D eigenvalue weighted by atomic mass is 16.3. The molecule has 0 saturated carbocycles. The quantitative estimate of drug-likeness (QED) is 0.750. The Morgan fingerprint density at radius 2 is 2.00 bits per heavy atom. The third-order valence-electron chi connectivity index (χ3n) is 2.40. The van der Waals surface area contributed by atoms with Gasteiger partial charge in [-0.2, -0.15) is 0 Å². The van der Waals surface area contributed by atoms with Gasteiger partial charge in [0, 0.05) is 0 Å². The molecule has 1 aromatic carbocycles. The summed E-state index contributed by atoms with van der Waals surface area (Å²) >= 11 is 0. The van der Waals surface area contributed by atoms with Gasteiger partial charge in [0.2, 0.25) is 0 Å². The molecule has 0 unspecified atom stereocenters. The number of rotatable bonds is 4. The molecular formula is C12H18O. The van der Waals surface area contributed by atoms with Gasteiger partial charge in [0.1, 0.15) is 5.75 Å². The molecule has 0 radical (unpaired) electrons. The molecule has 0 fully saturated rings. The summed E-state index contributed by atoms with van der Waals surface area (Å²) in [4.78, 5) is 0. The third-order valence-corrected chi connectivity index (χ3v) is 2.40. The van der Waals surface area contributed by atoms with Gasteiger partial charge in [-0.05, 0) is 36.5 Å². The van der Waals surface area contributed by atoms with Crippen molar-refractivity contribution in [2.45, 2.75) is 39.5 Å². The van der Waals surface area contributed by atoms with E-state index >= 15 is 0 Å². The van der Waals surface area contributed by atoms with Crippen LogP contribution in [0.2, 0.25) is 0 Å². The van der Waals surface area contributed by atoms with Gasteiger partial charge in [0.15, 0.2) is 0 Å². The van der Waals surface area contributed by atoms with Crippen LogP contribution in [0.1, 0.15) is 37.8 Å². The molecule has 72 valence electrons. The van der Waals surface area contributed by atoms with Gasteiger partial charge >= 0.3 is 0 Å². The van der Waals surface area contributed by atoms with Crippen LogP contribution in [-0.2, 0) is 12.8 Å². The van der Waals surface area contributed by atoms with Gasteiger partial charge in [-0.25, -0.2) is 0 Å². The Balaban J connectivity index is 2.85. The summed E-state index contributed by atoms with van der Waals surface area (Å²) in [5.41, 5.74) is 2.43. The highest BCUT2D eigenvalue weighted by Crippen LogP contribution is 2.22. The lowest BCUT2D eigenvalue weighted by atomic mass is 9.99. The van der Waals surface area contributed by atoms with Crippen LogP contribution in [0.3, 0.4) is 0 Å². The van der Waals surface area contributed by atoms with Crippen LogP contribution in [0, 0.1) is 0 Å². The summed E-state index contributed by atoms with van der Waals surface area (Å²) in [6.45, 7) is 4.28. The van der Waals surface area contributed by atoms with E-state index in [0.717, 1.165) is 18.4 Å². The molecule has 13 heavy (non-hydrogen) atoms. The van der Waals surface area contributed by atoms with E-state index in [1.807, 2.05) is 6.07 Å². The molecule has 1 N–H and O–H groups in total. The van der Waals surface area contributed by atoms with Crippen molar-refractivity contribution in [3.63, 3.8) is 0 Å². The van der Waals surface area contributed by atoms with E-state index in [9.17, 15) is 5.11 Å². The average molecular weight is 178 g/mol. The predicted molar refractivity (Wildman–Crippen MR) is 56.1 cm³/mol. The Bertz CT molecular complexity index is 266. The standard InChI is InChI=1S/C12H18O/c1-3-5-7-10-8-6-9-12(13)11(10)4-2/h6,8-9,13H,3-5,7H2,1-2H3. The van der Waals surface area contributed by atoms with Gasteiger partial charge < -0.3 is 5.11 Å². The van der Waals surface area contributed by atoms with Crippen molar-refractivity contribution in [1.29, 1.82) is 0 Å². The van der Waals surface area contributed by atoms with E-state index in [1.54, 1.807) is 6.07 Å². The topological polar surface area (TPSA) is 20.2 Å². The Kier molecular flexibility index (Phi) is 3.81. The van der Waals surface area contributed by atoms with E-state index in [0.29, 0.717) is 5.75 Å². The number of benzene rings is 1. The fourth-order valence-corrected chi connectivity index (χ4v) is 1.63. The van der Waals surface area contributed by atoms with E-state index in [1.165, 1.54) is 18.4 Å². The minimum atomic E-state index is 0.455. The maximum absolute atomic E-state index is 9.59. The van der Waals surface area contributed by atoms with Gasteiger partial charge in [-0.3, -0.25) is 0 Å². The highest BCUT2D eigenvalue weighted by Gasteiger charge is 2.04. The number of hydrogen-bond donors (Lipinski definition) is 1. The fraction of sp³-hybridized carbons (Fsp3) is 0.500. The second-order valence-corrected chi connectivity index (χ2v) is 3.37. The van der Waals surface area contributed by atoms with E-state index in [4.69, 9.17) is 0 Å². The molecule has 0 aliphatic carbocycles. The number of unbranched alkanes of at least 4 members (excludes halogenated alkanes) is 1. The van der Waals surface area contributed by atoms with Crippen molar-refractivity contribution in [2.75, 3.05) is 0 Å². The van der Waals surface area contributed by atoms with Crippen molar-refractivity contribution in [3.8, 4) is 5.75 Å². The van der Waals surface area contributed by atoms with Crippen LogP contribution in [0.5, 0.6) is 5.75 Å². The molecule has 0 amide bonds. The average Bonchev–Trinajstić information content (AvgIpc) is 2.15.